The van der Waals surface area contributed by atoms with Crippen LogP contribution in [0.3, 0.4) is 0 Å². The molecule has 62 heavy (non-hydrogen) atoms. The van der Waals surface area contributed by atoms with Gasteiger partial charge in [-0.1, -0.05) is 39.3 Å². The molecule has 3 saturated carbocycles. The topological polar surface area (TPSA) is 225 Å². The minimum absolute atomic E-state index is 0.00610. The normalized spacial score (nSPS) is 57.6. The molecule has 0 aromatic carbocycles. The van der Waals surface area contributed by atoms with Crippen molar-refractivity contribution in [3.05, 3.63) is 11.6 Å². The van der Waals surface area contributed by atoms with Gasteiger partial charge in [-0.05, 0) is 106 Å². The fraction of sp³-hybridized carbons (Fsp3) is 0.957. The Morgan fingerprint density at radius 3 is 2.10 bits per heavy atom. The molecule has 5 aliphatic heterocycles. The minimum atomic E-state index is -1.69. The van der Waals surface area contributed by atoms with Crippen LogP contribution in [0.4, 0.5) is 0 Å². The van der Waals surface area contributed by atoms with E-state index in [0.717, 1.165) is 45.1 Å². The van der Waals surface area contributed by atoms with Crippen LogP contribution in [-0.4, -0.2) is 166 Å². The molecule has 9 aliphatic rings. The third-order valence-corrected chi connectivity index (χ3v) is 17.9. The molecule has 0 amide bonds. The molecule has 1 spiro atoms. The quantitative estimate of drug-likeness (QED) is 0.173. The van der Waals surface area contributed by atoms with Crippen molar-refractivity contribution >= 4 is 0 Å². The zero-order valence-corrected chi connectivity index (χ0v) is 37.4. The number of aliphatic hydroxyl groups is 7. The van der Waals surface area contributed by atoms with Crippen LogP contribution in [0.25, 0.3) is 0 Å². The summed E-state index contributed by atoms with van der Waals surface area (Å²) in [6, 6.07) is 0. The van der Waals surface area contributed by atoms with E-state index in [1.54, 1.807) is 6.92 Å². The largest absolute Gasteiger partial charge is 0.394 e. The number of aliphatic hydroxyl groups excluding tert-OH is 7. The molecule has 0 bridgehead atoms. The fourth-order valence-corrected chi connectivity index (χ4v) is 14.2. The molecule has 7 N–H and O–H groups in total. The van der Waals surface area contributed by atoms with E-state index in [-0.39, 0.29) is 23.0 Å². The highest BCUT2D eigenvalue weighted by atomic mass is 16.8. The number of ether oxygens (including phenoxy) is 9. The van der Waals surface area contributed by atoms with Gasteiger partial charge in [0.15, 0.2) is 24.7 Å². The molecular weight excluding hydrogens is 808 g/mol. The third kappa shape index (κ3) is 7.50. The van der Waals surface area contributed by atoms with Gasteiger partial charge in [-0.25, -0.2) is 0 Å². The monoisotopic (exact) mass is 882 g/mol. The van der Waals surface area contributed by atoms with E-state index in [4.69, 9.17) is 42.6 Å². The van der Waals surface area contributed by atoms with E-state index >= 15 is 0 Å². The first-order valence-electron chi connectivity index (χ1n) is 23.6. The van der Waals surface area contributed by atoms with E-state index in [1.807, 2.05) is 0 Å². The molecule has 16 nitrogen and oxygen atoms in total. The van der Waals surface area contributed by atoms with E-state index < -0.39 is 105 Å². The molecular formula is C46H74O16. The maximum absolute atomic E-state index is 12.1. The maximum atomic E-state index is 12.1. The Kier molecular flexibility index (Phi) is 12.9. The van der Waals surface area contributed by atoms with Crippen LogP contribution >= 0.6 is 0 Å². The molecule has 8 fully saturated rings. The molecule has 0 radical (unpaired) electrons. The Morgan fingerprint density at radius 1 is 0.710 bits per heavy atom. The van der Waals surface area contributed by atoms with Crippen molar-refractivity contribution in [1.29, 1.82) is 0 Å². The fourth-order valence-electron chi connectivity index (χ4n) is 14.2. The van der Waals surface area contributed by atoms with Crippen molar-refractivity contribution in [3.8, 4) is 0 Å². The van der Waals surface area contributed by atoms with Crippen molar-refractivity contribution in [2.75, 3.05) is 20.3 Å². The highest BCUT2D eigenvalue weighted by Crippen LogP contribution is 2.70. The summed E-state index contributed by atoms with van der Waals surface area (Å²) in [7, 11) is 1.32. The van der Waals surface area contributed by atoms with Crippen LogP contribution in [0.2, 0.25) is 0 Å². The van der Waals surface area contributed by atoms with Gasteiger partial charge in [-0.2, -0.15) is 0 Å². The van der Waals surface area contributed by atoms with Crippen LogP contribution in [0.1, 0.15) is 99.3 Å². The molecule has 0 aromatic rings. The van der Waals surface area contributed by atoms with Crippen molar-refractivity contribution < 1.29 is 78.4 Å². The van der Waals surface area contributed by atoms with Gasteiger partial charge in [-0.3, -0.25) is 0 Å². The second-order valence-electron chi connectivity index (χ2n) is 21.3. The van der Waals surface area contributed by atoms with E-state index in [1.165, 1.54) is 26.0 Å². The molecule has 5 heterocycles. The van der Waals surface area contributed by atoms with Crippen molar-refractivity contribution in [2.45, 2.75) is 209 Å². The van der Waals surface area contributed by atoms with Crippen LogP contribution in [0.15, 0.2) is 11.6 Å². The second-order valence-corrected chi connectivity index (χ2v) is 21.3. The summed E-state index contributed by atoms with van der Waals surface area (Å²) in [5, 5.41) is 76.0. The lowest BCUT2D eigenvalue weighted by molar-refractivity contribution is -0.389. The SMILES string of the molecule is CO[C@H]1[C@H](O[C@H]2[C@H](O)[C@@H](O[C@@H]3O[C@@H](C)[C@H](O)[C@@H](O)[C@H]3O)[C@H](O[C@H]3CC[C@@]4(C)C(=CC[C@H]5[C@@H]6C[C@@H]7O[C@]8(CC[C@@H](C)CO8)[C@@H](C)[C@@H]7[C@@]6(C)CC[C@@H]54)C3)O[C@@H]2CO)O[C@@H](C)[C@H](O)[C@H]1O. The Morgan fingerprint density at radius 2 is 1.40 bits per heavy atom. The lowest BCUT2D eigenvalue weighted by atomic mass is 9.47. The summed E-state index contributed by atoms with van der Waals surface area (Å²) in [6.07, 6.45) is -8.64. The molecule has 354 valence electrons. The number of hydrogen-bond donors (Lipinski definition) is 7. The standard InChI is InChI=1S/C46H74O16/c1-20-10-15-46(55-19-20)21(2)31-29(62-46)17-28-26-9-8-24-16-25(11-13-44(24,5)27(26)12-14-45(28,31)6)58-43-40(61-41-36(52)34(50)32(48)22(3)56-41)37(53)38(30(18-47)59-43)60-42-39(54-7)35(51)33(49)23(4)57-42/h8,20-23,25-43,47-53H,9-19H2,1-7H3/t20-,21+,22+,23+,25+,26-,27+,28+,29+,30-,31+,32+,33+,34-,35-,36-,37+,38-,39-,40-,41+,42+,43-,44+,45+,46-/m1/s1. The highest BCUT2D eigenvalue weighted by Gasteiger charge is 2.69. The van der Waals surface area contributed by atoms with Crippen molar-refractivity contribution in [3.63, 3.8) is 0 Å². The van der Waals surface area contributed by atoms with Gasteiger partial charge >= 0.3 is 0 Å². The lowest BCUT2D eigenvalue weighted by Crippen LogP contribution is -2.66. The molecule has 9 rings (SSSR count). The smallest absolute Gasteiger partial charge is 0.187 e. The van der Waals surface area contributed by atoms with Crippen LogP contribution in [0, 0.1) is 46.3 Å². The molecule has 0 unspecified atom stereocenters. The average Bonchev–Trinajstić information content (AvgIpc) is 3.70. The second kappa shape index (κ2) is 17.3. The number of allylic oxidation sites excluding steroid dienone is 1. The highest BCUT2D eigenvalue weighted by molar-refractivity contribution is 5.26. The van der Waals surface area contributed by atoms with Crippen LogP contribution < -0.4 is 0 Å². The summed E-state index contributed by atoms with van der Waals surface area (Å²) in [6.45, 7) is 12.9. The molecule has 0 aromatic heterocycles. The summed E-state index contributed by atoms with van der Waals surface area (Å²) in [5.74, 6) is 2.69. The lowest BCUT2D eigenvalue weighted by Gasteiger charge is -2.59. The zero-order valence-electron chi connectivity index (χ0n) is 37.4. The van der Waals surface area contributed by atoms with Gasteiger partial charge in [0.05, 0.1) is 37.6 Å². The zero-order chi connectivity index (χ0) is 44.2. The first-order valence-corrected chi connectivity index (χ1v) is 23.6. The molecule has 5 saturated heterocycles. The molecule has 26 atom stereocenters. The van der Waals surface area contributed by atoms with Crippen molar-refractivity contribution in [1.82, 2.24) is 0 Å². The number of rotatable bonds is 8. The predicted octanol–water partition coefficient (Wildman–Crippen LogP) is 1.90. The van der Waals surface area contributed by atoms with Gasteiger partial charge in [0, 0.05) is 19.4 Å². The number of fused-ring (bicyclic) bond motifs is 7. The number of methoxy groups -OCH3 is 1. The minimum Gasteiger partial charge on any atom is -0.394 e. The summed E-state index contributed by atoms with van der Waals surface area (Å²) < 4.78 is 56.2. The van der Waals surface area contributed by atoms with E-state index in [0.29, 0.717) is 48.3 Å². The van der Waals surface area contributed by atoms with Gasteiger partial charge < -0.3 is 78.4 Å². The first kappa shape index (κ1) is 46.2. The predicted molar refractivity (Wildman–Crippen MR) is 218 cm³/mol. The van der Waals surface area contributed by atoms with Crippen molar-refractivity contribution in [2.24, 2.45) is 46.3 Å². The van der Waals surface area contributed by atoms with Gasteiger partial charge in [0.1, 0.15) is 61.0 Å². The third-order valence-electron chi connectivity index (χ3n) is 17.9. The summed E-state index contributed by atoms with van der Waals surface area (Å²) in [4.78, 5) is 0. The number of hydrogen-bond acceptors (Lipinski definition) is 16. The molecule has 16 heteroatoms. The molecule has 4 aliphatic carbocycles. The first-order chi connectivity index (χ1) is 29.4. The van der Waals surface area contributed by atoms with E-state index in [9.17, 15) is 35.7 Å². The van der Waals surface area contributed by atoms with Crippen LogP contribution in [-0.2, 0) is 42.6 Å². The summed E-state index contributed by atoms with van der Waals surface area (Å²) in [5.41, 5.74) is 1.57. The Hall–Kier alpha value is -0.900. The van der Waals surface area contributed by atoms with Gasteiger partial charge in [0.25, 0.3) is 0 Å². The van der Waals surface area contributed by atoms with E-state index in [2.05, 4.69) is 33.8 Å². The Labute approximate surface area is 365 Å². The Balaban J connectivity index is 0.920. The van der Waals surface area contributed by atoms with Crippen LogP contribution in [0.5, 0.6) is 0 Å². The van der Waals surface area contributed by atoms with Gasteiger partial charge in [-0.15, -0.1) is 0 Å². The maximum Gasteiger partial charge on any atom is 0.187 e. The van der Waals surface area contributed by atoms with Gasteiger partial charge in [0.2, 0.25) is 0 Å². The Bertz CT molecular complexity index is 1610. The average molecular weight is 883 g/mol. The summed E-state index contributed by atoms with van der Waals surface area (Å²) >= 11 is 0.